The fourth-order valence-electron chi connectivity index (χ4n) is 1.99. The maximum absolute atomic E-state index is 9.13. The summed E-state index contributed by atoms with van der Waals surface area (Å²) in [6, 6.07) is 11.1. The SMILES string of the molecule is Cc1cc(Oc2ccc3c(c2)OCO3)ccc1CO. The average molecular weight is 258 g/mol. The maximum atomic E-state index is 9.13. The van der Waals surface area contributed by atoms with Gasteiger partial charge in [0.25, 0.3) is 0 Å². The van der Waals surface area contributed by atoms with Crippen LogP contribution in [-0.2, 0) is 6.61 Å². The Labute approximate surface area is 111 Å². The molecule has 1 heterocycles. The number of ether oxygens (including phenoxy) is 3. The van der Waals surface area contributed by atoms with Gasteiger partial charge in [-0.3, -0.25) is 0 Å². The van der Waals surface area contributed by atoms with Crippen molar-refractivity contribution in [1.29, 1.82) is 0 Å². The third-order valence-electron chi connectivity index (χ3n) is 3.06. The van der Waals surface area contributed by atoms with Crippen molar-refractivity contribution in [2.45, 2.75) is 13.5 Å². The van der Waals surface area contributed by atoms with E-state index in [-0.39, 0.29) is 13.4 Å². The van der Waals surface area contributed by atoms with Crippen LogP contribution in [0.3, 0.4) is 0 Å². The monoisotopic (exact) mass is 258 g/mol. The highest BCUT2D eigenvalue weighted by Gasteiger charge is 2.14. The smallest absolute Gasteiger partial charge is 0.231 e. The number of aryl methyl sites for hydroxylation is 1. The van der Waals surface area contributed by atoms with Crippen molar-refractivity contribution in [2.75, 3.05) is 6.79 Å². The lowest BCUT2D eigenvalue weighted by atomic mass is 10.1. The molecule has 0 aliphatic carbocycles. The van der Waals surface area contributed by atoms with E-state index >= 15 is 0 Å². The quantitative estimate of drug-likeness (QED) is 0.919. The molecule has 1 aliphatic rings. The third kappa shape index (κ3) is 2.35. The van der Waals surface area contributed by atoms with E-state index in [0.717, 1.165) is 22.6 Å². The molecule has 98 valence electrons. The molecule has 0 saturated carbocycles. The van der Waals surface area contributed by atoms with Crippen LogP contribution in [0, 0.1) is 6.92 Å². The van der Waals surface area contributed by atoms with Gasteiger partial charge in [-0.1, -0.05) is 6.07 Å². The molecule has 0 bridgehead atoms. The van der Waals surface area contributed by atoms with Crippen molar-refractivity contribution in [3.05, 3.63) is 47.5 Å². The van der Waals surface area contributed by atoms with Gasteiger partial charge in [0, 0.05) is 6.07 Å². The molecule has 0 unspecified atom stereocenters. The summed E-state index contributed by atoms with van der Waals surface area (Å²) in [6.07, 6.45) is 0. The van der Waals surface area contributed by atoms with Gasteiger partial charge >= 0.3 is 0 Å². The lowest BCUT2D eigenvalue weighted by molar-refractivity contribution is 0.174. The minimum Gasteiger partial charge on any atom is -0.457 e. The van der Waals surface area contributed by atoms with Crippen LogP contribution in [0.5, 0.6) is 23.0 Å². The molecule has 0 saturated heterocycles. The van der Waals surface area contributed by atoms with Gasteiger partial charge in [0.05, 0.1) is 6.61 Å². The molecule has 0 aromatic heterocycles. The van der Waals surface area contributed by atoms with Crippen LogP contribution in [0.25, 0.3) is 0 Å². The van der Waals surface area contributed by atoms with Crippen LogP contribution < -0.4 is 14.2 Å². The fraction of sp³-hybridized carbons (Fsp3) is 0.200. The van der Waals surface area contributed by atoms with E-state index in [1.807, 2.05) is 37.3 Å². The maximum Gasteiger partial charge on any atom is 0.231 e. The van der Waals surface area contributed by atoms with E-state index in [1.165, 1.54) is 0 Å². The topological polar surface area (TPSA) is 47.9 Å². The molecule has 4 heteroatoms. The Hall–Kier alpha value is -2.20. The van der Waals surface area contributed by atoms with Crippen molar-refractivity contribution in [3.8, 4) is 23.0 Å². The van der Waals surface area contributed by atoms with Crippen LogP contribution in [0.2, 0.25) is 0 Å². The number of benzene rings is 2. The summed E-state index contributed by atoms with van der Waals surface area (Å²) in [5.74, 6) is 2.86. The van der Waals surface area contributed by atoms with Crippen molar-refractivity contribution >= 4 is 0 Å². The molecule has 1 aliphatic heterocycles. The largest absolute Gasteiger partial charge is 0.457 e. The second kappa shape index (κ2) is 4.82. The third-order valence-corrected chi connectivity index (χ3v) is 3.06. The van der Waals surface area contributed by atoms with Crippen LogP contribution in [0.4, 0.5) is 0 Å². The van der Waals surface area contributed by atoms with E-state index in [1.54, 1.807) is 6.07 Å². The van der Waals surface area contributed by atoms with Crippen LogP contribution in [0.1, 0.15) is 11.1 Å². The van der Waals surface area contributed by atoms with Gasteiger partial charge in [-0.15, -0.1) is 0 Å². The predicted molar refractivity (Wildman–Crippen MR) is 69.7 cm³/mol. The normalized spacial score (nSPS) is 12.5. The second-order valence-corrected chi connectivity index (χ2v) is 4.36. The molecule has 0 fully saturated rings. The Morgan fingerprint density at radius 1 is 1.05 bits per heavy atom. The van der Waals surface area contributed by atoms with E-state index in [9.17, 15) is 0 Å². The fourth-order valence-corrected chi connectivity index (χ4v) is 1.99. The summed E-state index contributed by atoms with van der Waals surface area (Å²) in [4.78, 5) is 0. The molecule has 2 aromatic rings. The highest BCUT2D eigenvalue weighted by molar-refractivity contribution is 5.48. The molecule has 1 N–H and O–H groups in total. The summed E-state index contributed by atoms with van der Waals surface area (Å²) in [5.41, 5.74) is 1.90. The van der Waals surface area contributed by atoms with Crippen LogP contribution >= 0.6 is 0 Å². The van der Waals surface area contributed by atoms with Gasteiger partial charge in [0.1, 0.15) is 11.5 Å². The van der Waals surface area contributed by atoms with Gasteiger partial charge in [-0.05, 0) is 42.3 Å². The first kappa shape index (κ1) is 11.9. The standard InChI is InChI=1S/C15H14O4/c1-10-6-12(3-2-11(10)8-16)19-13-4-5-14-15(7-13)18-9-17-14/h2-7,16H,8-9H2,1H3. The summed E-state index contributed by atoms with van der Waals surface area (Å²) in [5, 5.41) is 9.13. The summed E-state index contributed by atoms with van der Waals surface area (Å²) < 4.78 is 16.3. The van der Waals surface area contributed by atoms with Crippen molar-refractivity contribution < 1.29 is 19.3 Å². The van der Waals surface area contributed by atoms with E-state index in [4.69, 9.17) is 19.3 Å². The van der Waals surface area contributed by atoms with Crippen LogP contribution in [0.15, 0.2) is 36.4 Å². The predicted octanol–water partition coefficient (Wildman–Crippen LogP) is 3.01. The molecule has 0 radical (unpaired) electrons. The minimum atomic E-state index is 0.0378. The molecule has 3 rings (SSSR count). The lowest BCUT2D eigenvalue weighted by Gasteiger charge is -2.09. The Bertz CT molecular complexity index is 607. The number of hydrogen-bond donors (Lipinski definition) is 1. The molecular formula is C15H14O4. The Morgan fingerprint density at radius 2 is 1.79 bits per heavy atom. The average Bonchev–Trinajstić information content (AvgIpc) is 2.86. The molecule has 0 amide bonds. The molecule has 2 aromatic carbocycles. The summed E-state index contributed by atoms with van der Waals surface area (Å²) >= 11 is 0. The van der Waals surface area contributed by atoms with Gasteiger partial charge in [0.2, 0.25) is 6.79 Å². The minimum absolute atomic E-state index is 0.0378. The van der Waals surface area contributed by atoms with E-state index in [2.05, 4.69) is 0 Å². The number of hydrogen-bond acceptors (Lipinski definition) is 4. The second-order valence-electron chi connectivity index (χ2n) is 4.36. The summed E-state index contributed by atoms with van der Waals surface area (Å²) in [6.45, 7) is 2.23. The molecular weight excluding hydrogens is 244 g/mol. The zero-order valence-corrected chi connectivity index (χ0v) is 10.6. The number of fused-ring (bicyclic) bond motifs is 1. The first-order valence-corrected chi connectivity index (χ1v) is 6.04. The molecule has 4 nitrogen and oxygen atoms in total. The van der Waals surface area contributed by atoms with E-state index < -0.39 is 0 Å². The molecule has 19 heavy (non-hydrogen) atoms. The Morgan fingerprint density at radius 3 is 2.58 bits per heavy atom. The van der Waals surface area contributed by atoms with Gasteiger partial charge in [0.15, 0.2) is 11.5 Å². The number of aliphatic hydroxyl groups excluding tert-OH is 1. The van der Waals surface area contributed by atoms with Crippen molar-refractivity contribution in [1.82, 2.24) is 0 Å². The first-order chi connectivity index (χ1) is 9.26. The van der Waals surface area contributed by atoms with Gasteiger partial charge < -0.3 is 19.3 Å². The molecule has 0 atom stereocenters. The number of rotatable bonds is 3. The van der Waals surface area contributed by atoms with Crippen molar-refractivity contribution in [2.24, 2.45) is 0 Å². The Balaban J connectivity index is 1.83. The highest BCUT2D eigenvalue weighted by atomic mass is 16.7. The highest BCUT2D eigenvalue weighted by Crippen LogP contribution is 2.36. The zero-order chi connectivity index (χ0) is 13.2. The lowest BCUT2D eigenvalue weighted by Crippen LogP contribution is -1.93. The summed E-state index contributed by atoms with van der Waals surface area (Å²) in [7, 11) is 0. The zero-order valence-electron chi connectivity index (χ0n) is 10.6. The molecule has 0 spiro atoms. The number of aliphatic hydroxyl groups is 1. The van der Waals surface area contributed by atoms with Crippen LogP contribution in [-0.4, -0.2) is 11.9 Å². The first-order valence-electron chi connectivity index (χ1n) is 6.04. The van der Waals surface area contributed by atoms with Gasteiger partial charge in [-0.2, -0.15) is 0 Å². The van der Waals surface area contributed by atoms with E-state index in [0.29, 0.717) is 11.5 Å². The Kier molecular flexibility index (Phi) is 3.01. The van der Waals surface area contributed by atoms with Gasteiger partial charge in [-0.25, -0.2) is 0 Å². The van der Waals surface area contributed by atoms with Crippen molar-refractivity contribution in [3.63, 3.8) is 0 Å².